The van der Waals surface area contributed by atoms with Crippen LogP contribution in [0.4, 0.5) is 0 Å². The van der Waals surface area contributed by atoms with Gasteiger partial charge in [-0.3, -0.25) is 0 Å². The van der Waals surface area contributed by atoms with Gasteiger partial charge in [-0.05, 0) is 25.0 Å². The van der Waals surface area contributed by atoms with Gasteiger partial charge in [0.15, 0.2) is 0 Å². The molecule has 78 valence electrons. The second-order valence-electron chi connectivity index (χ2n) is 3.53. The van der Waals surface area contributed by atoms with Crippen molar-refractivity contribution in [2.75, 3.05) is 7.11 Å². The highest BCUT2D eigenvalue weighted by molar-refractivity contribution is 5.39. The molecule has 0 heterocycles. The van der Waals surface area contributed by atoms with Crippen molar-refractivity contribution in [1.82, 2.24) is 0 Å². The summed E-state index contributed by atoms with van der Waals surface area (Å²) in [5.74, 6) is 0.303. The molecule has 1 unspecified atom stereocenters. The Morgan fingerprint density at radius 1 is 1.50 bits per heavy atom. The molecule has 0 saturated carbocycles. The molecular weight excluding hydrogens is 178 g/mol. The summed E-state index contributed by atoms with van der Waals surface area (Å²) in [4.78, 5) is 0. The van der Waals surface area contributed by atoms with E-state index in [4.69, 9.17) is 10.5 Å². The van der Waals surface area contributed by atoms with Gasteiger partial charge < -0.3 is 15.6 Å². The topological polar surface area (TPSA) is 55.5 Å². The van der Waals surface area contributed by atoms with Crippen molar-refractivity contribution in [3.05, 3.63) is 29.3 Å². The van der Waals surface area contributed by atoms with Crippen LogP contribution in [0.5, 0.6) is 5.75 Å². The molecule has 0 amide bonds. The molecule has 0 saturated heterocycles. The summed E-state index contributed by atoms with van der Waals surface area (Å²) in [6, 6.07) is 5.48. The van der Waals surface area contributed by atoms with Crippen LogP contribution in [-0.4, -0.2) is 18.3 Å². The molecule has 3 nitrogen and oxygen atoms in total. The highest BCUT2D eigenvalue weighted by Gasteiger charge is 2.09. The first kappa shape index (κ1) is 11.0. The minimum atomic E-state index is 0.0407. The third-order valence-corrected chi connectivity index (χ3v) is 2.07. The van der Waals surface area contributed by atoms with Gasteiger partial charge in [0.1, 0.15) is 5.75 Å². The minimum absolute atomic E-state index is 0.0407. The molecule has 0 spiro atoms. The van der Waals surface area contributed by atoms with Crippen LogP contribution in [0.25, 0.3) is 0 Å². The van der Waals surface area contributed by atoms with Crippen molar-refractivity contribution in [2.24, 2.45) is 5.73 Å². The van der Waals surface area contributed by atoms with E-state index in [0.717, 1.165) is 11.1 Å². The predicted octanol–water partition coefficient (Wildman–Crippen LogP) is 1.43. The summed E-state index contributed by atoms with van der Waals surface area (Å²) >= 11 is 0. The summed E-state index contributed by atoms with van der Waals surface area (Å²) in [5.41, 5.74) is 7.60. The molecule has 0 fully saturated rings. The van der Waals surface area contributed by atoms with Gasteiger partial charge in [0.2, 0.25) is 0 Å². The highest BCUT2D eigenvalue weighted by Crippen LogP contribution is 2.22. The van der Waals surface area contributed by atoms with Crippen molar-refractivity contribution in [1.29, 1.82) is 0 Å². The number of methoxy groups -OCH3 is 1. The van der Waals surface area contributed by atoms with Crippen LogP contribution < -0.4 is 5.73 Å². The lowest BCUT2D eigenvalue weighted by Gasteiger charge is -2.12. The van der Waals surface area contributed by atoms with Crippen LogP contribution in [0, 0.1) is 0 Å². The maximum absolute atomic E-state index is 9.66. The van der Waals surface area contributed by atoms with Gasteiger partial charge in [-0.15, -0.1) is 0 Å². The second kappa shape index (κ2) is 4.98. The summed E-state index contributed by atoms with van der Waals surface area (Å²) in [7, 11) is 1.64. The first-order chi connectivity index (χ1) is 6.65. The Bertz CT molecular complexity index is 297. The van der Waals surface area contributed by atoms with Crippen molar-refractivity contribution >= 4 is 0 Å². The summed E-state index contributed by atoms with van der Waals surface area (Å²) in [6.07, 6.45) is 0.672. The summed E-state index contributed by atoms with van der Waals surface area (Å²) in [6.45, 7) is 2.43. The third-order valence-electron chi connectivity index (χ3n) is 2.07. The summed E-state index contributed by atoms with van der Waals surface area (Å²) < 4.78 is 5.05. The van der Waals surface area contributed by atoms with Crippen molar-refractivity contribution < 1.29 is 9.84 Å². The monoisotopic (exact) mass is 195 g/mol. The Morgan fingerprint density at radius 2 is 2.21 bits per heavy atom. The molecular formula is C11H17NO2. The Balaban J connectivity index is 2.96. The maximum atomic E-state index is 9.66. The Labute approximate surface area is 84.5 Å². The Morgan fingerprint density at radius 3 is 2.79 bits per heavy atom. The lowest BCUT2D eigenvalue weighted by atomic mass is 10.0. The number of phenolic OH excluding ortho intramolecular Hbond substituents is 1. The zero-order chi connectivity index (χ0) is 10.6. The second-order valence-corrected chi connectivity index (χ2v) is 3.53. The number of phenols is 1. The Hall–Kier alpha value is -1.06. The third kappa shape index (κ3) is 2.72. The van der Waals surface area contributed by atoms with Crippen LogP contribution in [0.1, 0.15) is 18.1 Å². The Kier molecular flexibility index (Phi) is 3.92. The molecule has 1 rings (SSSR count). The molecule has 0 radical (unpaired) electrons. The lowest BCUT2D eigenvalue weighted by Crippen LogP contribution is -2.18. The van der Waals surface area contributed by atoms with Gasteiger partial charge in [-0.1, -0.05) is 12.1 Å². The van der Waals surface area contributed by atoms with Gasteiger partial charge >= 0.3 is 0 Å². The van der Waals surface area contributed by atoms with E-state index in [9.17, 15) is 5.11 Å². The smallest absolute Gasteiger partial charge is 0.119 e. The van der Waals surface area contributed by atoms with Crippen molar-refractivity contribution in [3.63, 3.8) is 0 Å². The van der Waals surface area contributed by atoms with Gasteiger partial charge in [0, 0.05) is 18.7 Å². The van der Waals surface area contributed by atoms with E-state index in [1.807, 2.05) is 19.1 Å². The zero-order valence-corrected chi connectivity index (χ0v) is 8.66. The molecule has 0 bridgehead atoms. The number of benzene rings is 1. The first-order valence-electron chi connectivity index (χ1n) is 4.69. The van der Waals surface area contributed by atoms with Gasteiger partial charge in [0.05, 0.1) is 6.61 Å². The zero-order valence-electron chi connectivity index (χ0n) is 8.66. The lowest BCUT2D eigenvalue weighted by molar-refractivity contribution is 0.183. The van der Waals surface area contributed by atoms with E-state index in [2.05, 4.69) is 0 Å². The molecule has 14 heavy (non-hydrogen) atoms. The SMILES string of the molecule is COCc1cccc(O)c1CC(C)N. The van der Waals surface area contributed by atoms with Crippen LogP contribution >= 0.6 is 0 Å². The minimum Gasteiger partial charge on any atom is -0.508 e. The molecule has 3 heteroatoms. The largest absolute Gasteiger partial charge is 0.508 e. The van der Waals surface area contributed by atoms with Gasteiger partial charge in [0.25, 0.3) is 0 Å². The molecule has 0 aromatic heterocycles. The van der Waals surface area contributed by atoms with Gasteiger partial charge in [-0.2, -0.15) is 0 Å². The van der Waals surface area contributed by atoms with Crippen LogP contribution in [-0.2, 0) is 17.8 Å². The maximum Gasteiger partial charge on any atom is 0.119 e. The van der Waals surface area contributed by atoms with E-state index in [0.29, 0.717) is 18.8 Å². The normalized spacial score (nSPS) is 12.8. The molecule has 0 aliphatic heterocycles. The van der Waals surface area contributed by atoms with Gasteiger partial charge in [-0.25, -0.2) is 0 Å². The van der Waals surface area contributed by atoms with E-state index < -0.39 is 0 Å². The number of aromatic hydroxyl groups is 1. The van der Waals surface area contributed by atoms with E-state index >= 15 is 0 Å². The average Bonchev–Trinajstić information content (AvgIpc) is 2.11. The van der Waals surface area contributed by atoms with E-state index in [1.54, 1.807) is 13.2 Å². The molecule has 3 N–H and O–H groups in total. The van der Waals surface area contributed by atoms with Crippen molar-refractivity contribution in [2.45, 2.75) is 26.0 Å². The fraction of sp³-hybridized carbons (Fsp3) is 0.455. The standard InChI is InChI=1S/C11H17NO2/c1-8(12)6-10-9(7-14-2)4-3-5-11(10)13/h3-5,8,13H,6-7,12H2,1-2H3. The number of ether oxygens (including phenoxy) is 1. The average molecular weight is 195 g/mol. The number of hydrogen-bond donors (Lipinski definition) is 2. The fourth-order valence-corrected chi connectivity index (χ4v) is 1.47. The number of nitrogens with two attached hydrogens (primary N) is 1. The van der Waals surface area contributed by atoms with E-state index in [-0.39, 0.29) is 6.04 Å². The molecule has 1 aromatic rings. The predicted molar refractivity (Wildman–Crippen MR) is 56.2 cm³/mol. The quantitative estimate of drug-likeness (QED) is 0.764. The number of hydrogen-bond acceptors (Lipinski definition) is 3. The van der Waals surface area contributed by atoms with Crippen LogP contribution in [0.15, 0.2) is 18.2 Å². The van der Waals surface area contributed by atoms with Crippen molar-refractivity contribution in [3.8, 4) is 5.75 Å². The first-order valence-corrected chi connectivity index (χ1v) is 4.69. The number of rotatable bonds is 4. The molecule has 1 atom stereocenters. The fourth-order valence-electron chi connectivity index (χ4n) is 1.47. The van der Waals surface area contributed by atoms with E-state index in [1.165, 1.54) is 0 Å². The summed E-state index contributed by atoms with van der Waals surface area (Å²) in [5, 5.41) is 9.66. The van der Waals surface area contributed by atoms with Crippen LogP contribution in [0.2, 0.25) is 0 Å². The molecule has 0 aliphatic carbocycles. The molecule has 1 aromatic carbocycles. The highest BCUT2D eigenvalue weighted by atomic mass is 16.5. The van der Waals surface area contributed by atoms with Crippen LogP contribution in [0.3, 0.4) is 0 Å². The molecule has 0 aliphatic rings.